The summed E-state index contributed by atoms with van der Waals surface area (Å²) in [7, 11) is 2.04. The van der Waals surface area contributed by atoms with E-state index < -0.39 is 0 Å². The van der Waals surface area contributed by atoms with E-state index in [1.54, 1.807) is 0 Å². The smallest absolute Gasteiger partial charge is 0.234 e. The van der Waals surface area contributed by atoms with Crippen LogP contribution in [0, 0.1) is 0 Å². The van der Waals surface area contributed by atoms with Crippen molar-refractivity contribution < 1.29 is 4.79 Å². The van der Waals surface area contributed by atoms with Crippen molar-refractivity contribution in [1.29, 1.82) is 0 Å². The van der Waals surface area contributed by atoms with Crippen molar-refractivity contribution in [2.75, 3.05) is 19.6 Å². The normalized spacial score (nSPS) is 19.1. The van der Waals surface area contributed by atoms with Gasteiger partial charge in [0.25, 0.3) is 0 Å². The Balaban J connectivity index is 1.32. The zero-order valence-corrected chi connectivity index (χ0v) is 14.9. The molecule has 2 heterocycles. The van der Waals surface area contributed by atoms with Crippen LogP contribution in [-0.2, 0) is 30.2 Å². The van der Waals surface area contributed by atoms with Crippen LogP contribution >= 0.6 is 0 Å². The highest BCUT2D eigenvalue weighted by Crippen LogP contribution is 2.43. The number of hydrogen-bond acceptors (Lipinski definition) is 3. The van der Waals surface area contributed by atoms with Crippen LogP contribution in [0.4, 0.5) is 0 Å². The lowest BCUT2D eigenvalue weighted by atomic mass is 9.64. The number of benzene rings is 1. The minimum Gasteiger partial charge on any atom is -0.354 e. The van der Waals surface area contributed by atoms with Crippen LogP contribution in [0.1, 0.15) is 36.2 Å². The minimum absolute atomic E-state index is 0.126. The highest BCUT2D eigenvalue weighted by molar-refractivity contribution is 5.78. The Kier molecular flexibility index (Phi) is 4.34. The molecule has 2 aromatic rings. The first-order valence-corrected chi connectivity index (χ1v) is 9.20. The van der Waals surface area contributed by atoms with Crippen LogP contribution in [0.15, 0.2) is 36.7 Å². The molecule has 4 rings (SSSR count). The van der Waals surface area contributed by atoms with Crippen LogP contribution < -0.4 is 5.32 Å². The van der Waals surface area contributed by atoms with Crippen LogP contribution in [0.3, 0.4) is 0 Å². The summed E-state index contributed by atoms with van der Waals surface area (Å²) in [6.07, 6.45) is 6.41. The van der Waals surface area contributed by atoms with E-state index in [2.05, 4.69) is 50.1 Å². The van der Waals surface area contributed by atoms with E-state index in [9.17, 15) is 4.79 Å². The monoisotopic (exact) mass is 338 g/mol. The molecule has 132 valence electrons. The largest absolute Gasteiger partial charge is 0.354 e. The minimum atomic E-state index is 0.126. The number of carbonyl (C=O) groups is 1. The molecule has 0 radical (unpaired) electrons. The summed E-state index contributed by atoms with van der Waals surface area (Å²) in [6.45, 7) is 2.90. The van der Waals surface area contributed by atoms with Gasteiger partial charge in [0, 0.05) is 44.2 Å². The van der Waals surface area contributed by atoms with E-state index in [4.69, 9.17) is 0 Å². The molecular weight excluding hydrogens is 312 g/mol. The maximum atomic E-state index is 12.5. The topological polar surface area (TPSA) is 50.2 Å². The highest BCUT2D eigenvalue weighted by atomic mass is 16.2. The molecule has 0 spiro atoms. The van der Waals surface area contributed by atoms with E-state index in [-0.39, 0.29) is 11.3 Å². The summed E-state index contributed by atoms with van der Waals surface area (Å²) < 4.78 is 2.09. The molecule has 1 aliphatic carbocycles. The number of aryl methyl sites for hydroxylation is 1. The quantitative estimate of drug-likeness (QED) is 0.907. The Morgan fingerprint density at radius 3 is 2.80 bits per heavy atom. The average Bonchev–Trinajstić information content (AvgIpc) is 2.95. The molecule has 1 N–H and O–H groups in total. The van der Waals surface area contributed by atoms with Crippen molar-refractivity contribution in [1.82, 2.24) is 19.8 Å². The maximum absolute atomic E-state index is 12.5. The fourth-order valence-electron chi connectivity index (χ4n) is 4.14. The number of imidazole rings is 1. The lowest BCUT2D eigenvalue weighted by Crippen LogP contribution is -2.48. The zero-order chi connectivity index (χ0) is 17.3. The summed E-state index contributed by atoms with van der Waals surface area (Å²) >= 11 is 0. The summed E-state index contributed by atoms with van der Waals surface area (Å²) in [5.41, 5.74) is 3.92. The fourth-order valence-corrected chi connectivity index (χ4v) is 4.14. The lowest BCUT2D eigenvalue weighted by Gasteiger charge is -2.42. The van der Waals surface area contributed by atoms with Gasteiger partial charge in [0.15, 0.2) is 0 Å². The summed E-state index contributed by atoms with van der Waals surface area (Å²) in [5, 5.41) is 3.19. The Morgan fingerprint density at radius 1 is 1.28 bits per heavy atom. The summed E-state index contributed by atoms with van der Waals surface area (Å²) in [4.78, 5) is 19.1. The van der Waals surface area contributed by atoms with Crippen LogP contribution in [-0.4, -0.2) is 40.0 Å². The standard InChI is InChI=1S/C20H26N4O/c1-23-15-22-17-12-24(11-8-18(17)23)13-19(25)21-14-20(9-5-10-20)16-6-3-2-4-7-16/h2-4,6-7,15H,5,8-14H2,1H3,(H,21,25). The molecule has 25 heavy (non-hydrogen) atoms. The van der Waals surface area contributed by atoms with Crippen molar-refractivity contribution in [3.8, 4) is 0 Å². The van der Waals surface area contributed by atoms with E-state index in [1.807, 2.05) is 13.4 Å². The van der Waals surface area contributed by atoms with E-state index in [0.717, 1.165) is 44.6 Å². The number of rotatable bonds is 5. The zero-order valence-electron chi connectivity index (χ0n) is 14.9. The fraction of sp³-hybridized carbons (Fsp3) is 0.500. The second-order valence-electron chi connectivity index (χ2n) is 7.49. The molecule has 2 aliphatic rings. The van der Waals surface area contributed by atoms with Gasteiger partial charge in [0.2, 0.25) is 5.91 Å². The Hall–Kier alpha value is -2.14. The molecule has 0 saturated heterocycles. The number of amides is 1. The van der Waals surface area contributed by atoms with Gasteiger partial charge in [-0.1, -0.05) is 36.8 Å². The first-order valence-electron chi connectivity index (χ1n) is 9.20. The number of hydrogen-bond donors (Lipinski definition) is 1. The average molecular weight is 338 g/mol. The van der Waals surface area contributed by atoms with Crippen LogP contribution in [0.25, 0.3) is 0 Å². The van der Waals surface area contributed by atoms with Crippen molar-refractivity contribution in [2.45, 2.75) is 37.6 Å². The lowest BCUT2D eigenvalue weighted by molar-refractivity contribution is -0.122. The van der Waals surface area contributed by atoms with Crippen LogP contribution in [0.5, 0.6) is 0 Å². The van der Waals surface area contributed by atoms with Gasteiger partial charge in [-0.05, 0) is 18.4 Å². The highest BCUT2D eigenvalue weighted by Gasteiger charge is 2.38. The van der Waals surface area contributed by atoms with Gasteiger partial charge in [0.1, 0.15) is 0 Å². The predicted octanol–water partition coefficient (Wildman–Crippen LogP) is 2.02. The molecule has 0 unspecified atom stereocenters. The third-order valence-corrected chi connectivity index (χ3v) is 5.87. The number of aromatic nitrogens is 2. The Labute approximate surface area is 149 Å². The Morgan fingerprint density at radius 2 is 2.08 bits per heavy atom. The van der Waals surface area contributed by atoms with Crippen molar-refractivity contribution in [2.24, 2.45) is 7.05 Å². The molecule has 1 aromatic heterocycles. The van der Waals surface area contributed by atoms with Crippen molar-refractivity contribution in [3.05, 3.63) is 53.6 Å². The molecular formula is C20H26N4O. The Bertz CT molecular complexity index is 748. The molecule has 1 aromatic carbocycles. The van der Waals surface area contributed by atoms with Crippen molar-refractivity contribution >= 4 is 5.91 Å². The third kappa shape index (κ3) is 3.21. The molecule has 5 nitrogen and oxygen atoms in total. The number of nitrogens with one attached hydrogen (secondary N) is 1. The molecule has 1 aliphatic heterocycles. The molecule has 1 fully saturated rings. The van der Waals surface area contributed by atoms with Gasteiger partial charge in [-0.2, -0.15) is 0 Å². The summed E-state index contributed by atoms with van der Waals surface area (Å²) in [5.74, 6) is 0.126. The van der Waals surface area contributed by atoms with E-state index >= 15 is 0 Å². The van der Waals surface area contributed by atoms with Crippen molar-refractivity contribution in [3.63, 3.8) is 0 Å². The second-order valence-corrected chi connectivity index (χ2v) is 7.49. The molecule has 5 heteroatoms. The number of nitrogens with zero attached hydrogens (tertiary/aromatic N) is 3. The number of carbonyl (C=O) groups excluding carboxylic acids is 1. The SMILES string of the molecule is Cn1cnc2c1CCN(CC(=O)NCC1(c3ccccc3)CCC1)C2. The van der Waals surface area contributed by atoms with Gasteiger partial charge < -0.3 is 9.88 Å². The van der Waals surface area contributed by atoms with Gasteiger partial charge in [-0.15, -0.1) is 0 Å². The van der Waals surface area contributed by atoms with Gasteiger partial charge in [0.05, 0.1) is 18.6 Å². The number of fused-ring (bicyclic) bond motifs is 1. The summed E-state index contributed by atoms with van der Waals surface area (Å²) in [6, 6.07) is 10.6. The van der Waals surface area contributed by atoms with Gasteiger partial charge in [-0.25, -0.2) is 4.98 Å². The molecule has 1 amide bonds. The molecule has 0 atom stereocenters. The van der Waals surface area contributed by atoms with Crippen LogP contribution in [0.2, 0.25) is 0 Å². The van der Waals surface area contributed by atoms with E-state index in [1.165, 1.54) is 17.7 Å². The van der Waals surface area contributed by atoms with E-state index in [0.29, 0.717) is 6.54 Å². The second kappa shape index (κ2) is 6.64. The molecule has 0 bridgehead atoms. The molecule has 1 saturated carbocycles. The first kappa shape index (κ1) is 16.3. The first-order chi connectivity index (χ1) is 12.2. The maximum Gasteiger partial charge on any atom is 0.234 e. The van der Waals surface area contributed by atoms with Gasteiger partial charge >= 0.3 is 0 Å². The van der Waals surface area contributed by atoms with Gasteiger partial charge in [-0.3, -0.25) is 9.69 Å². The third-order valence-electron chi connectivity index (χ3n) is 5.87. The predicted molar refractivity (Wildman–Crippen MR) is 97.2 cm³/mol.